The van der Waals surface area contributed by atoms with Gasteiger partial charge in [-0.05, 0) is 38.9 Å². The van der Waals surface area contributed by atoms with Gasteiger partial charge in [-0.3, -0.25) is 9.69 Å². The molecule has 3 saturated heterocycles. The van der Waals surface area contributed by atoms with E-state index in [1.807, 2.05) is 11.8 Å². The van der Waals surface area contributed by atoms with Crippen LogP contribution in [-0.4, -0.2) is 66.1 Å². The maximum atomic E-state index is 13.1. The molecule has 0 aromatic heterocycles. The predicted octanol–water partition coefficient (Wildman–Crippen LogP) is 1.54. The van der Waals surface area contributed by atoms with Gasteiger partial charge in [-0.25, -0.2) is 0 Å². The summed E-state index contributed by atoms with van der Waals surface area (Å²) in [5.74, 6) is 2.87. The molecule has 5 heteroatoms. The minimum absolute atomic E-state index is 0.00276. The van der Waals surface area contributed by atoms with E-state index in [0.29, 0.717) is 5.78 Å². The Balaban J connectivity index is 1.68. The van der Waals surface area contributed by atoms with E-state index in [1.54, 1.807) is 0 Å². The molecule has 0 bridgehead atoms. The number of rotatable bonds is 3. The third-order valence-electron chi connectivity index (χ3n) is 5.44. The topological polar surface area (TPSA) is 41.6 Å². The van der Waals surface area contributed by atoms with E-state index >= 15 is 0 Å². The zero-order valence-electron chi connectivity index (χ0n) is 13.3. The van der Waals surface area contributed by atoms with Crippen molar-refractivity contribution in [2.75, 3.05) is 44.3 Å². The van der Waals surface area contributed by atoms with Gasteiger partial charge in [-0.1, -0.05) is 0 Å². The Labute approximate surface area is 132 Å². The number of carbonyl (C=O) groups excluding carboxylic acids is 1. The molecule has 4 nitrogen and oxygen atoms in total. The van der Waals surface area contributed by atoms with Gasteiger partial charge in [0.25, 0.3) is 0 Å². The molecule has 1 N–H and O–H groups in total. The van der Waals surface area contributed by atoms with Crippen LogP contribution in [0.2, 0.25) is 0 Å². The zero-order chi connectivity index (χ0) is 14.9. The summed E-state index contributed by atoms with van der Waals surface area (Å²) >= 11 is 1.97. The highest BCUT2D eigenvalue weighted by Crippen LogP contribution is 2.41. The summed E-state index contributed by atoms with van der Waals surface area (Å²) in [4.78, 5) is 15.5. The van der Waals surface area contributed by atoms with E-state index < -0.39 is 0 Å². The molecule has 2 unspecified atom stereocenters. The number of thioether (sulfide) groups is 1. The Morgan fingerprint density at radius 1 is 1.38 bits per heavy atom. The van der Waals surface area contributed by atoms with Crippen molar-refractivity contribution < 1.29 is 9.53 Å². The molecule has 120 valence electrons. The normalized spacial score (nSPS) is 35.2. The average Bonchev–Trinajstić information content (AvgIpc) is 2.95. The van der Waals surface area contributed by atoms with Crippen molar-refractivity contribution in [2.45, 2.75) is 44.2 Å². The molecule has 3 rings (SSSR count). The van der Waals surface area contributed by atoms with Gasteiger partial charge in [0.05, 0.1) is 11.1 Å². The zero-order valence-corrected chi connectivity index (χ0v) is 14.1. The predicted molar refractivity (Wildman–Crippen MR) is 86.9 cm³/mol. The second kappa shape index (κ2) is 6.19. The standard InChI is InChI=1S/C16H28N2O2S/c1-15(2,18-7-5-17-6-8-18)14(19)13-3-9-20-16(11-13)4-10-21-12-16/h13,17H,3-12H2,1-2H3. The summed E-state index contributed by atoms with van der Waals surface area (Å²) in [5, 5.41) is 3.37. The highest BCUT2D eigenvalue weighted by atomic mass is 32.2. The van der Waals surface area contributed by atoms with E-state index in [9.17, 15) is 4.79 Å². The number of piperazine rings is 1. The summed E-state index contributed by atoms with van der Waals surface area (Å²) in [7, 11) is 0. The van der Waals surface area contributed by atoms with E-state index in [1.165, 1.54) is 5.75 Å². The number of hydrogen-bond acceptors (Lipinski definition) is 5. The molecule has 3 aliphatic heterocycles. The van der Waals surface area contributed by atoms with Crippen LogP contribution in [0.15, 0.2) is 0 Å². The van der Waals surface area contributed by atoms with Crippen LogP contribution in [0, 0.1) is 5.92 Å². The number of carbonyl (C=O) groups is 1. The summed E-state index contributed by atoms with van der Waals surface area (Å²) in [6, 6.07) is 0. The Hall–Kier alpha value is -0.100. The minimum atomic E-state index is -0.336. The number of ether oxygens (including phenoxy) is 1. The van der Waals surface area contributed by atoms with Gasteiger partial charge in [-0.2, -0.15) is 11.8 Å². The molecule has 0 aromatic carbocycles. The first-order valence-electron chi connectivity index (χ1n) is 8.25. The van der Waals surface area contributed by atoms with Crippen molar-refractivity contribution in [3.63, 3.8) is 0 Å². The van der Waals surface area contributed by atoms with Gasteiger partial charge < -0.3 is 10.1 Å². The first-order chi connectivity index (χ1) is 10.0. The summed E-state index contributed by atoms with van der Waals surface area (Å²) in [6.45, 7) is 8.93. The van der Waals surface area contributed by atoms with Crippen molar-refractivity contribution in [3.05, 3.63) is 0 Å². The first kappa shape index (κ1) is 15.8. The molecule has 3 heterocycles. The van der Waals surface area contributed by atoms with Crippen molar-refractivity contribution in [3.8, 4) is 0 Å². The largest absolute Gasteiger partial charge is 0.374 e. The minimum Gasteiger partial charge on any atom is -0.374 e. The lowest BCUT2D eigenvalue weighted by atomic mass is 9.77. The Bertz CT molecular complexity index is 388. The maximum absolute atomic E-state index is 13.1. The highest BCUT2D eigenvalue weighted by Gasteiger charge is 2.46. The molecular formula is C16H28N2O2S. The summed E-state index contributed by atoms with van der Waals surface area (Å²) in [6.07, 6.45) is 2.96. The molecule has 1 spiro atoms. The van der Waals surface area contributed by atoms with Gasteiger partial charge in [0.2, 0.25) is 0 Å². The SMILES string of the molecule is CC(C)(C(=O)C1CCOC2(CCSC2)C1)N1CCNCC1. The lowest BCUT2D eigenvalue weighted by molar-refractivity contribution is -0.144. The smallest absolute Gasteiger partial charge is 0.155 e. The van der Waals surface area contributed by atoms with E-state index in [-0.39, 0.29) is 17.1 Å². The summed E-state index contributed by atoms with van der Waals surface area (Å²) < 4.78 is 6.07. The fraction of sp³-hybridized carbons (Fsp3) is 0.938. The van der Waals surface area contributed by atoms with Crippen molar-refractivity contribution in [1.82, 2.24) is 10.2 Å². The lowest BCUT2D eigenvalue weighted by Crippen LogP contribution is -2.59. The maximum Gasteiger partial charge on any atom is 0.155 e. The average molecular weight is 312 g/mol. The Morgan fingerprint density at radius 2 is 2.14 bits per heavy atom. The van der Waals surface area contributed by atoms with Gasteiger partial charge in [-0.15, -0.1) is 0 Å². The van der Waals surface area contributed by atoms with Crippen molar-refractivity contribution in [1.29, 1.82) is 0 Å². The van der Waals surface area contributed by atoms with Crippen LogP contribution < -0.4 is 5.32 Å². The monoisotopic (exact) mass is 312 g/mol. The molecule has 2 atom stereocenters. The Morgan fingerprint density at radius 3 is 2.81 bits per heavy atom. The number of Topliss-reactive ketones (excluding diaryl/α,β-unsaturated/α-hetero) is 1. The molecule has 0 aromatic rings. The van der Waals surface area contributed by atoms with Crippen LogP contribution in [0.25, 0.3) is 0 Å². The van der Waals surface area contributed by atoms with E-state index in [2.05, 4.69) is 24.1 Å². The highest BCUT2D eigenvalue weighted by molar-refractivity contribution is 7.99. The third-order valence-corrected chi connectivity index (χ3v) is 6.66. The fourth-order valence-corrected chi connectivity index (χ4v) is 5.37. The lowest BCUT2D eigenvalue weighted by Gasteiger charge is -2.44. The number of nitrogens with one attached hydrogen (secondary N) is 1. The molecule has 0 radical (unpaired) electrons. The molecule has 3 aliphatic rings. The van der Waals surface area contributed by atoms with Crippen LogP contribution >= 0.6 is 11.8 Å². The second-order valence-electron chi connectivity index (χ2n) is 7.18. The molecule has 21 heavy (non-hydrogen) atoms. The van der Waals surface area contributed by atoms with E-state index in [0.717, 1.165) is 57.8 Å². The van der Waals surface area contributed by atoms with Gasteiger partial charge >= 0.3 is 0 Å². The summed E-state index contributed by atoms with van der Waals surface area (Å²) in [5.41, 5.74) is -0.334. The van der Waals surface area contributed by atoms with Gasteiger partial charge in [0.15, 0.2) is 5.78 Å². The van der Waals surface area contributed by atoms with Crippen molar-refractivity contribution in [2.24, 2.45) is 5.92 Å². The van der Waals surface area contributed by atoms with Crippen LogP contribution in [0.4, 0.5) is 0 Å². The van der Waals surface area contributed by atoms with Crippen LogP contribution in [0.1, 0.15) is 33.1 Å². The number of nitrogens with zero attached hydrogens (tertiary/aromatic N) is 1. The van der Waals surface area contributed by atoms with Crippen LogP contribution in [0.3, 0.4) is 0 Å². The van der Waals surface area contributed by atoms with Crippen LogP contribution in [-0.2, 0) is 9.53 Å². The van der Waals surface area contributed by atoms with Gasteiger partial charge in [0.1, 0.15) is 0 Å². The quantitative estimate of drug-likeness (QED) is 0.856. The molecule has 0 amide bonds. The van der Waals surface area contributed by atoms with Gasteiger partial charge in [0, 0.05) is 44.5 Å². The Kier molecular flexibility index (Phi) is 4.65. The molecule has 0 aliphatic carbocycles. The number of hydrogen-bond donors (Lipinski definition) is 1. The fourth-order valence-electron chi connectivity index (χ4n) is 3.99. The number of ketones is 1. The van der Waals surface area contributed by atoms with Crippen LogP contribution in [0.5, 0.6) is 0 Å². The third kappa shape index (κ3) is 3.16. The molecule has 0 saturated carbocycles. The van der Waals surface area contributed by atoms with E-state index in [4.69, 9.17) is 4.74 Å². The molecular weight excluding hydrogens is 284 g/mol. The molecule has 3 fully saturated rings. The van der Waals surface area contributed by atoms with Crippen molar-refractivity contribution >= 4 is 17.5 Å². The second-order valence-corrected chi connectivity index (χ2v) is 8.29. The first-order valence-corrected chi connectivity index (χ1v) is 9.41.